The molecule has 0 aliphatic carbocycles. The van der Waals surface area contributed by atoms with E-state index >= 15 is 0 Å². The normalized spacial score (nSPS) is 15.3. The van der Waals surface area contributed by atoms with Crippen LogP contribution in [0.15, 0.2) is 59.6 Å². The summed E-state index contributed by atoms with van der Waals surface area (Å²) in [5.41, 5.74) is 1.19. The minimum Gasteiger partial charge on any atom is -0.455 e. The van der Waals surface area contributed by atoms with E-state index in [9.17, 15) is 8.42 Å². The first kappa shape index (κ1) is 12.6. The zero-order valence-corrected chi connectivity index (χ0v) is 13.8. The highest BCUT2D eigenvalue weighted by molar-refractivity contribution is 9.10. The van der Waals surface area contributed by atoms with E-state index < -0.39 is 9.84 Å². The second-order valence-corrected chi connectivity index (χ2v) is 8.23. The number of benzene rings is 2. The molecule has 0 atom stereocenters. The van der Waals surface area contributed by atoms with Crippen LogP contribution in [0.25, 0.3) is 22.3 Å². The lowest BCUT2D eigenvalue weighted by Gasteiger charge is -2.00. The largest absolute Gasteiger partial charge is 0.455 e. The van der Waals surface area contributed by atoms with Crippen molar-refractivity contribution in [1.29, 1.82) is 0 Å². The van der Waals surface area contributed by atoms with Crippen LogP contribution in [0, 0.1) is 0 Å². The fourth-order valence-corrected chi connectivity index (χ4v) is 5.17. The van der Waals surface area contributed by atoms with Crippen LogP contribution in [0.1, 0.15) is 0 Å². The van der Waals surface area contributed by atoms with E-state index in [-0.39, 0.29) is 4.90 Å². The van der Waals surface area contributed by atoms with E-state index in [1.54, 1.807) is 24.3 Å². The SMILES string of the molecule is O=S1(=O)c2cc(Br)ccc2-c2oc3cc(Br)ccc3c21. The van der Waals surface area contributed by atoms with Crippen molar-refractivity contribution in [2.75, 3.05) is 0 Å². The molecule has 20 heavy (non-hydrogen) atoms. The molecular formula is C14H6Br2O3S. The van der Waals surface area contributed by atoms with E-state index in [4.69, 9.17) is 4.42 Å². The standard InChI is InChI=1S/C14H6Br2O3S/c15-7-1-3-9-11(5-7)19-13-10-4-2-8(16)6-12(10)20(17,18)14(9)13/h1-6H. The Kier molecular flexibility index (Phi) is 2.50. The number of halogens is 2. The number of rotatable bonds is 0. The fourth-order valence-electron chi connectivity index (χ4n) is 2.51. The fraction of sp³-hybridized carbons (Fsp3) is 0. The highest BCUT2D eigenvalue weighted by Gasteiger charge is 2.38. The maximum atomic E-state index is 12.7. The Morgan fingerprint density at radius 2 is 1.65 bits per heavy atom. The second kappa shape index (κ2) is 3.96. The van der Waals surface area contributed by atoms with Crippen molar-refractivity contribution in [3.05, 3.63) is 45.3 Å². The van der Waals surface area contributed by atoms with Gasteiger partial charge >= 0.3 is 0 Å². The third-order valence-electron chi connectivity index (χ3n) is 3.35. The first-order valence-electron chi connectivity index (χ1n) is 5.75. The van der Waals surface area contributed by atoms with Gasteiger partial charge in [0.2, 0.25) is 9.84 Å². The monoisotopic (exact) mass is 412 g/mol. The Hall–Kier alpha value is -1.11. The zero-order chi connectivity index (χ0) is 14.1. The summed E-state index contributed by atoms with van der Waals surface area (Å²) in [4.78, 5) is 0.568. The lowest BCUT2D eigenvalue weighted by atomic mass is 10.1. The third-order valence-corrected chi connectivity index (χ3v) is 6.20. The minimum absolute atomic E-state index is 0.271. The lowest BCUT2D eigenvalue weighted by molar-refractivity contribution is 0.597. The summed E-state index contributed by atoms with van der Waals surface area (Å²) in [6, 6.07) is 10.5. The Morgan fingerprint density at radius 3 is 2.45 bits per heavy atom. The summed E-state index contributed by atoms with van der Waals surface area (Å²) in [6.45, 7) is 0. The number of sulfone groups is 1. The summed E-state index contributed by atoms with van der Waals surface area (Å²) in [7, 11) is -3.52. The van der Waals surface area contributed by atoms with Gasteiger partial charge in [0.1, 0.15) is 10.5 Å². The van der Waals surface area contributed by atoms with Crippen LogP contribution in [0.4, 0.5) is 0 Å². The smallest absolute Gasteiger partial charge is 0.211 e. The molecule has 0 amide bonds. The molecule has 2 heterocycles. The van der Waals surface area contributed by atoms with Crippen LogP contribution in [-0.4, -0.2) is 8.42 Å². The molecule has 6 heteroatoms. The molecular weight excluding hydrogens is 408 g/mol. The Labute approximate surface area is 131 Å². The van der Waals surface area contributed by atoms with E-state index in [0.29, 0.717) is 27.2 Å². The first-order chi connectivity index (χ1) is 9.48. The van der Waals surface area contributed by atoms with Crippen molar-refractivity contribution in [1.82, 2.24) is 0 Å². The van der Waals surface area contributed by atoms with E-state index in [1.165, 1.54) is 0 Å². The van der Waals surface area contributed by atoms with Gasteiger partial charge in [-0.1, -0.05) is 31.9 Å². The van der Waals surface area contributed by atoms with Gasteiger partial charge in [-0.05, 0) is 36.4 Å². The van der Waals surface area contributed by atoms with Gasteiger partial charge in [0.05, 0.1) is 4.90 Å². The molecule has 0 spiro atoms. The minimum atomic E-state index is -3.52. The van der Waals surface area contributed by atoms with Gasteiger partial charge in [0, 0.05) is 19.9 Å². The van der Waals surface area contributed by atoms with Gasteiger partial charge in [-0.2, -0.15) is 0 Å². The molecule has 3 nitrogen and oxygen atoms in total. The summed E-state index contributed by atoms with van der Waals surface area (Å²) in [5.74, 6) is 0.431. The van der Waals surface area contributed by atoms with Crippen LogP contribution in [0.5, 0.6) is 0 Å². The maximum Gasteiger partial charge on any atom is 0.211 e. The van der Waals surface area contributed by atoms with Crippen molar-refractivity contribution in [2.45, 2.75) is 9.79 Å². The number of hydrogen-bond acceptors (Lipinski definition) is 3. The molecule has 0 fully saturated rings. The van der Waals surface area contributed by atoms with Crippen molar-refractivity contribution in [3.8, 4) is 11.3 Å². The highest BCUT2D eigenvalue weighted by atomic mass is 79.9. The van der Waals surface area contributed by atoms with Crippen LogP contribution in [-0.2, 0) is 9.84 Å². The zero-order valence-electron chi connectivity index (χ0n) is 9.85. The molecule has 0 N–H and O–H groups in total. The lowest BCUT2D eigenvalue weighted by Crippen LogP contribution is -1.96. The van der Waals surface area contributed by atoms with Crippen LogP contribution < -0.4 is 0 Å². The molecule has 1 aliphatic heterocycles. The molecule has 2 aromatic carbocycles. The molecule has 1 aromatic heterocycles. The van der Waals surface area contributed by atoms with E-state index in [1.807, 2.05) is 12.1 Å². The van der Waals surface area contributed by atoms with Crippen molar-refractivity contribution >= 4 is 52.7 Å². The van der Waals surface area contributed by atoms with Crippen LogP contribution in [0.3, 0.4) is 0 Å². The average molecular weight is 414 g/mol. The van der Waals surface area contributed by atoms with Gasteiger partial charge in [0.15, 0.2) is 5.76 Å². The number of hydrogen-bond donors (Lipinski definition) is 0. The Morgan fingerprint density at radius 1 is 0.950 bits per heavy atom. The summed E-state index contributed by atoms with van der Waals surface area (Å²) in [5, 5.41) is 0.621. The average Bonchev–Trinajstić information content (AvgIpc) is 2.85. The molecule has 0 saturated heterocycles. The summed E-state index contributed by atoms with van der Waals surface area (Å²) >= 11 is 6.67. The van der Waals surface area contributed by atoms with Gasteiger partial charge in [-0.3, -0.25) is 0 Å². The van der Waals surface area contributed by atoms with Gasteiger partial charge in [-0.25, -0.2) is 8.42 Å². The van der Waals surface area contributed by atoms with Crippen LogP contribution >= 0.6 is 31.9 Å². The summed E-state index contributed by atoms with van der Waals surface area (Å²) < 4.78 is 32.7. The van der Waals surface area contributed by atoms with Crippen LogP contribution in [0.2, 0.25) is 0 Å². The summed E-state index contributed by atoms with van der Waals surface area (Å²) in [6.07, 6.45) is 0. The second-order valence-electron chi connectivity index (χ2n) is 4.54. The number of fused-ring (bicyclic) bond motifs is 5. The van der Waals surface area contributed by atoms with Gasteiger partial charge < -0.3 is 4.42 Å². The molecule has 4 rings (SSSR count). The van der Waals surface area contributed by atoms with Crippen molar-refractivity contribution in [3.63, 3.8) is 0 Å². The van der Waals surface area contributed by atoms with Crippen molar-refractivity contribution < 1.29 is 12.8 Å². The molecule has 100 valence electrons. The first-order valence-corrected chi connectivity index (χ1v) is 8.82. The molecule has 1 aliphatic rings. The third kappa shape index (κ3) is 1.52. The molecule has 0 unspecified atom stereocenters. The van der Waals surface area contributed by atoms with E-state index in [2.05, 4.69) is 31.9 Å². The Bertz CT molecular complexity index is 987. The number of furan rings is 1. The van der Waals surface area contributed by atoms with Gasteiger partial charge in [0.25, 0.3) is 0 Å². The highest BCUT2D eigenvalue weighted by Crippen LogP contribution is 2.49. The van der Waals surface area contributed by atoms with E-state index in [0.717, 1.165) is 8.95 Å². The molecule has 0 saturated carbocycles. The van der Waals surface area contributed by atoms with Crippen molar-refractivity contribution in [2.24, 2.45) is 0 Å². The maximum absolute atomic E-state index is 12.7. The molecule has 3 aromatic rings. The Balaban J connectivity index is 2.20. The van der Waals surface area contributed by atoms with Gasteiger partial charge in [-0.15, -0.1) is 0 Å². The predicted molar refractivity (Wildman–Crippen MR) is 82.5 cm³/mol. The quantitative estimate of drug-likeness (QED) is 0.417. The molecule has 0 bridgehead atoms. The predicted octanol–water partition coefficient (Wildman–Crippen LogP) is 4.77. The molecule has 0 radical (unpaired) electrons. The topological polar surface area (TPSA) is 47.3 Å².